The molecule has 2 aromatic carbocycles. The molecule has 1 aromatic heterocycles. The minimum absolute atomic E-state index is 0.0853. The number of hydrogen-bond donors (Lipinski definition) is 1. The lowest BCUT2D eigenvalue weighted by Crippen LogP contribution is -2.28. The van der Waals surface area contributed by atoms with Crippen LogP contribution in [0.3, 0.4) is 0 Å². The number of aromatic nitrogens is 2. The second kappa shape index (κ2) is 7.23. The summed E-state index contributed by atoms with van der Waals surface area (Å²) in [4.78, 5) is 33.9. The molecule has 1 N–H and O–H groups in total. The molecule has 1 amide bonds. The summed E-state index contributed by atoms with van der Waals surface area (Å²) in [6.45, 7) is 2.79. The molecule has 1 aliphatic heterocycles. The number of anilines is 1. The number of unbranched alkanes of at least 4 members (excludes halogenated alkanes) is 1. The Balaban J connectivity index is 1.63. The average Bonchev–Trinajstić information content (AvgIpc) is 3.25. The van der Waals surface area contributed by atoms with Gasteiger partial charge in [0.15, 0.2) is 5.78 Å². The fourth-order valence-corrected chi connectivity index (χ4v) is 3.40. The van der Waals surface area contributed by atoms with Crippen molar-refractivity contribution < 1.29 is 14.3 Å². The molecule has 1 saturated heterocycles. The fraction of sp³-hybridized carbons (Fsp3) is 0.286. The zero-order valence-electron chi connectivity index (χ0n) is 15.1. The van der Waals surface area contributed by atoms with Crippen LogP contribution in [0.4, 0.5) is 5.69 Å². The van der Waals surface area contributed by atoms with Crippen molar-refractivity contribution in [2.24, 2.45) is 0 Å². The number of H-pyrrole nitrogens is 1. The Morgan fingerprint density at radius 3 is 2.78 bits per heavy atom. The van der Waals surface area contributed by atoms with Gasteiger partial charge in [-0.05, 0) is 42.3 Å². The molecular weight excluding hydrogens is 342 g/mol. The fourth-order valence-electron chi connectivity index (χ4n) is 3.40. The van der Waals surface area contributed by atoms with Crippen molar-refractivity contribution in [3.05, 3.63) is 54.4 Å². The zero-order chi connectivity index (χ0) is 18.8. The molecule has 1 atom stereocenters. The Morgan fingerprint density at radius 2 is 2.00 bits per heavy atom. The van der Waals surface area contributed by atoms with Crippen molar-refractivity contribution >= 4 is 28.4 Å². The van der Waals surface area contributed by atoms with Crippen molar-refractivity contribution in [1.82, 2.24) is 9.97 Å². The predicted molar refractivity (Wildman–Crippen MR) is 103 cm³/mol. The first kappa shape index (κ1) is 17.3. The third kappa shape index (κ3) is 3.30. The molecular formula is C21H21N3O3. The number of amides is 1. The quantitative estimate of drug-likeness (QED) is 0.534. The number of ketones is 1. The van der Waals surface area contributed by atoms with Crippen LogP contribution in [0.2, 0.25) is 0 Å². The van der Waals surface area contributed by atoms with Crippen LogP contribution in [-0.4, -0.2) is 28.3 Å². The van der Waals surface area contributed by atoms with E-state index in [2.05, 4.69) is 16.9 Å². The van der Waals surface area contributed by atoms with E-state index in [0.29, 0.717) is 12.3 Å². The Hall–Kier alpha value is -3.15. The summed E-state index contributed by atoms with van der Waals surface area (Å²) in [6, 6.07) is 12.4. The molecule has 0 aliphatic carbocycles. The summed E-state index contributed by atoms with van der Waals surface area (Å²) in [5.41, 5.74) is 3.12. The number of hydrogen-bond acceptors (Lipinski definition) is 4. The normalized spacial score (nSPS) is 17.1. The maximum absolute atomic E-state index is 12.6. The highest BCUT2D eigenvalue weighted by Crippen LogP contribution is 2.36. The number of Topliss-reactive ketones (excluding diaryl/α,β-unsaturated/α-hetero) is 1. The molecule has 1 aliphatic rings. The summed E-state index contributed by atoms with van der Waals surface area (Å²) < 4.78 is 5.69. The third-order valence-corrected chi connectivity index (χ3v) is 4.80. The summed E-state index contributed by atoms with van der Waals surface area (Å²) >= 11 is 0. The molecule has 6 heteroatoms. The first-order valence-corrected chi connectivity index (χ1v) is 9.18. The smallest absolute Gasteiger partial charge is 0.235 e. The molecule has 6 nitrogen and oxygen atoms in total. The van der Waals surface area contributed by atoms with Gasteiger partial charge in [0.05, 0.1) is 30.4 Å². The Bertz CT molecular complexity index is 978. The highest BCUT2D eigenvalue weighted by molar-refractivity contribution is 6.17. The highest BCUT2D eigenvalue weighted by Gasteiger charge is 2.40. The number of benzene rings is 2. The molecule has 1 fully saturated rings. The molecule has 138 valence electrons. The van der Waals surface area contributed by atoms with E-state index in [4.69, 9.17) is 4.74 Å². The number of carbonyl (C=O) groups is 2. The molecule has 4 rings (SSSR count). The van der Waals surface area contributed by atoms with Gasteiger partial charge in [-0.2, -0.15) is 0 Å². The van der Waals surface area contributed by atoms with E-state index in [0.717, 1.165) is 35.2 Å². The number of fused-ring (bicyclic) bond motifs is 1. The standard InChI is InChI=1S/C21H21N3O3/c1-2-3-10-27-16-7-4-14(5-8-16)21-19(25)12-20(26)24(21)15-6-9-17-18(11-15)23-13-22-17/h4-9,11,13,21H,2-3,10,12H2,1H3,(H,22,23). The van der Waals surface area contributed by atoms with Crippen LogP contribution < -0.4 is 9.64 Å². The van der Waals surface area contributed by atoms with Crippen molar-refractivity contribution in [2.75, 3.05) is 11.5 Å². The van der Waals surface area contributed by atoms with E-state index in [-0.39, 0.29) is 18.1 Å². The first-order chi connectivity index (χ1) is 13.2. The van der Waals surface area contributed by atoms with Crippen molar-refractivity contribution in [2.45, 2.75) is 32.2 Å². The molecule has 0 saturated carbocycles. The molecule has 0 radical (unpaired) electrons. The maximum Gasteiger partial charge on any atom is 0.235 e. The monoisotopic (exact) mass is 363 g/mol. The largest absolute Gasteiger partial charge is 0.494 e. The number of rotatable bonds is 6. The molecule has 27 heavy (non-hydrogen) atoms. The van der Waals surface area contributed by atoms with E-state index in [9.17, 15) is 9.59 Å². The van der Waals surface area contributed by atoms with Gasteiger partial charge in [-0.3, -0.25) is 14.5 Å². The lowest BCUT2D eigenvalue weighted by atomic mass is 10.0. The number of imidazole rings is 1. The SMILES string of the molecule is CCCCOc1ccc(C2C(=O)CC(=O)N2c2ccc3[nH]cnc3c2)cc1. The van der Waals surface area contributed by atoms with E-state index in [1.54, 1.807) is 11.2 Å². The van der Waals surface area contributed by atoms with Gasteiger partial charge < -0.3 is 9.72 Å². The van der Waals surface area contributed by atoms with Gasteiger partial charge in [0, 0.05) is 5.69 Å². The van der Waals surface area contributed by atoms with Crippen LogP contribution in [0.5, 0.6) is 5.75 Å². The second-order valence-electron chi connectivity index (χ2n) is 6.68. The maximum atomic E-state index is 12.6. The van der Waals surface area contributed by atoms with Crippen LogP contribution in [0, 0.1) is 0 Å². The van der Waals surface area contributed by atoms with Gasteiger partial charge in [0.2, 0.25) is 5.91 Å². The Kier molecular flexibility index (Phi) is 4.62. The minimum Gasteiger partial charge on any atom is -0.494 e. The number of nitrogens with zero attached hydrogens (tertiary/aromatic N) is 2. The van der Waals surface area contributed by atoms with Crippen molar-refractivity contribution in [3.63, 3.8) is 0 Å². The summed E-state index contributed by atoms with van der Waals surface area (Å²) in [5.74, 6) is 0.485. The van der Waals surface area contributed by atoms with Crippen LogP contribution in [0.15, 0.2) is 48.8 Å². The predicted octanol–water partition coefficient (Wildman–Crippen LogP) is 3.79. The topological polar surface area (TPSA) is 75.3 Å². The average molecular weight is 363 g/mol. The van der Waals surface area contributed by atoms with Crippen LogP contribution in [0.1, 0.15) is 37.8 Å². The van der Waals surface area contributed by atoms with Gasteiger partial charge in [-0.15, -0.1) is 0 Å². The minimum atomic E-state index is -0.612. The van der Waals surface area contributed by atoms with Gasteiger partial charge >= 0.3 is 0 Å². The van der Waals surface area contributed by atoms with Gasteiger partial charge in [-0.25, -0.2) is 4.98 Å². The van der Waals surface area contributed by atoms with E-state index in [1.807, 2.05) is 42.5 Å². The number of nitrogens with one attached hydrogen (secondary N) is 1. The molecule has 3 aromatic rings. The Morgan fingerprint density at radius 1 is 1.19 bits per heavy atom. The van der Waals surface area contributed by atoms with Gasteiger partial charge in [0.1, 0.15) is 11.8 Å². The zero-order valence-corrected chi connectivity index (χ0v) is 15.1. The first-order valence-electron chi connectivity index (χ1n) is 9.18. The number of aromatic amines is 1. The summed E-state index contributed by atoms with van der Waals surface area (Å²) in [7, 11) is 0. The third-order valence-electron chi connectivity index (χ3n) is 4.80. The lowest BCUT2D eigenvalue weighted by molar-refractivity contribution is -0.121. The second-order valence-corrected chi connectivity index (χ2v) is 6.68. The lowest BCUT2D eigenvalue weighted by Gasteiger charge is -2.24. The van der Waals surface area contributed by atoms with Crippen molar-refractivity contribution in [3.8, 4) is 5.75 Å². The van der Waals surface area contributed by atoms with Crippen LogP contribution >= 0.6 is 0 Å². The van der Waals surface area contributed by atoms with E-state index >= 15 is 0 Å². The molecule has 0 bridgehead atoms. The van der Waals surface area contributed by atoms with E-state index in [1.165, 1.54) is 0 Å². The van der Waals surface area contributed by atoms with Gasteiger partial charge in [0.25, 0.3) is 0 Å². The number of carbonyl (C=O) groups excluding carboxylic acids is 2. The van der Waals surface area contributed by atoms with Crippen LogP contribution in [0.25, 0.3) is 11.0 Å². The molecule has 0 spiro atoms. The van der Waals surface area contributed by atoms with E-state index < -0.39 is 6.04 Å². The number of ether oxygens (including phenoxy) is 1. The van der Waals surface area contributed by atoms with Crippen LogP contribution in [-0.2, 0) is 9.59 Å². The molecule has 1 unspecified atom stereocenters. The summed E-state index contributed by atoms with van der Waals surface area (Å²) in [5, 5.41) is 0. The summed E-state index contributed by atoms with van der Waals surface area (Å²) in [6.07, 6.45) is 3.60. The van der Waals surface area contributed by atoms with Crippen molar-refractivity contribution in [1.29, 1.82) is 0 Å². The van der Waals surface area contributed by atoms with Gasteiger partial charge in [-0.1, -0.05) is 25.5 Å². The molecule has 2 heterocycles. The Labute approximate surface area is 157 Å². The highest BCUT2D eigenvalue weighted by atomic mass is 16.5.